The van der Waals surface area contributed by atoms with Gasteiger partial charge in [0.05, 0.1) is 21.7 Å². The van der Waals surface area contributed by atoms with E-state index in [4.69, 9.17) is 27.9 Å². The van der Waals surface area contributed by atoms with Crippen LogP contribution in [-0.2, 0) is 0 Å². The van der Waals surface area contributed by atoms with E-state index in [0.29, 0.717) is 28.6 Å². The summed E-state index contributed by atoms with van der Waals surface area (Å²) in [5.41, 5.74) is 0.786. The first kappa shape index (κ1) is 11.2. The molecule has 2 aromatic rings. The third-order valence-corrected chi connectivity index (χ3v) is 3.85. The van der Waals surface area contributed by atoms with Crippen LogP contribution in [0.3, 0.4) is 0 Å². The summed E-state index contributed by atoms with van der Waals surface area (Å²) in [6.45, 7) is 0. The van der Waals surface area contributed by atoms with E-state index in [0.717, 1.165) is 10.9 Å². The number of hydrogen-bond acceptors (Lipinski definition) is 2. The van der Waals surface area contributed by atoms with Crippen LogP contribution in [-0.4, -0.2) is 22.3 Å². The predicted molar refractivity (Wildman–Crippen MR) is 68.0 cm³/mol. The molecule has 1 fully saturated rings. The van der Waals surface area contributed by atoms with Gasteiger partial charge in [0.2, 0.25) is 0 Å². The molecule has 1 saturated carbocycles. The fourth-order valence-corrected chi connectivity index (χ4v) is 2.45. The standard InChI is InChI=1S/C12H11Cl2NO2/c13-9-5-10(17-7-3-6(16)4-7)8-1-2-15-12(8)11(9)14/h1-2,5-7,15-16H,3-4H2. The zero-order valence-corrected chi connectivity index (χ0v) is 10.4. The number of aromatic amines is 1. The van der Waals surface area contributed by atoms with Crippen LogP contribution in [0.25, 0.3) is 10.9 Å². The molecule has 1 aromatic carbocycles. The SMILES string of the molecule is OC1CC(Oc2cc(Cl)c(Cl)c3[nH]ccc23)C1. The van der Waals surface area contributed by atoms with Crippen molar-refractivity contribution >= 4 is 34.1 Å². The number of fused-ring (bicyclic) bond motifs is 1. The number of aliphatic hydroxyl groups excluding tert-OH is 1. The number of aliphatic hydroxyl groups is 1. The van der Waals surface area contributed by atoms with Gasteiger partial charge in [-0.1, -0.05) is 23.2 Å². The van der Waals surface area contributed by atoms with Crippen molar-refractivity contribution in [3.63, 3.8) is 0 Å². The Morgan fingerprint density at radius 1 is 1.35 bits per heavy atom. The molecule has 0 saturated heterocycles. The number of H-pyrrole nitrogens is 1. The highest BCUT2D eigenvalue weighted by Crippen LogP contribution is 2.38. The van der Waals surface area contributed by atoms with Gasteiger partial charge in [0.15, 0.2) is 0 Å². The van der Waals surface area contributed by atoms with Crippen LogP contribution in [0.15, 0.2) is 18.3 Å². The number of nitrogens with one attached hydrogen (secondary N) is 1. The lowest BCUT2D eigenvalue weighted by Gasteiger charge is -2.31. The van der Waals surface area contributed by atoms with Gasteiger partial charge < -0.3 is 14.8 Å². The quantitative estimate of drug-likeness (QED) is 0.880. The summed E-state index contributed by atoms with van der Waals surface area (Å²) in [6.07, 6.45) is 2.98. The van der Waals surface area contributed by atoms with Gasteiger partial charge in [0.1, 0.15) is 11.9 Å². The van der Waals surface area contributed by atoms with Crippen molar-refractivity contribution in [3.05, 3.63) is 28.4 Å². The Hall–Kier alpha value is -0.900. The second-order valence-electron chi connectivity index (χ2n) is 4.30. The summed E-state index contributed by atoms with van der Waals surface area (Å²) < 4.78 is 5.81. The van der Waals surface area contributed by atoms with Gasteiger partial charge in [0.25, 0.3) is 0 Å². The Balaban J connectivity index is 1.98. The molecule has 0 radical (unpaired) electrons. The predicted octanol–water partition coefficient (Wildman–Crippen LogP) is 3.38. The molecule has 1 aliphatic carbocycles. The average Bonchev–Trinajstić information content (AvgIpc) is 2.72. The molecule has 1 aliphatic rings. The molecule has 1 heterocycles. The highest BCUT2D eigenvalue weighted by Gasteiger charge is 2.29. The molecular formula is C12H11Cl2NO2. The van der Waals surface area contributed by atoms with Gasteiger partial charge in [-0.05, 0) is 6.07 Å². The first-order chi connectivity index (χ1) is 8.15. The number of hydrogen-bond donors (Lipinski definition) is 2. The van der Waals surface area contributed by atoms with Crippen LogP contribution in [0, 0.1) is 0 Å². The summed E-state index contributed by atoms with van der Waals surface area (Å²) >= 11 is 12.1. The van der Waals surface area contributed by atoms with Crippen molar-refractivity contribution < 1.29 is 9.84 Å². The van der Waals surface area contributed by atoms with Gasteiger partial charge in [-0.15, -0.1) is 0 Å². The summed E-state index contributed by atoms with van der Waals surface area (Å²) in [5, 5.41) is 11.1. The highest BCUT2D eigenvalue weighted by molar-refractivity contribution is 6.45. The monoisotopic (exact) mass is 271 g/mol. The Kier molecular flexibility index (Phi) is 2.69. The minimum Gasteiger partial charge on any atom is -0.489 e. The van der Waals surface area contributed by atoms with E-state index >= 15 is 0 Å². The van der Waals surface area contributed by atoms with Gasteiger partial charge >= 0.3 is 0 Å². The summed E-state index contributed by atoms with van der Waals surface area (Å²) in [5.74, 6) is 0.715. The van der Waals surface area contributed by atoms with E-state index in [2.05, 4.69) is 4.98 Å². The molecule has 0 spiro atoms. The normalized spacial score (nSPS) is 23.7. The largest absolute Gasteiger partial charge is 0.489 e. The van der Waals surface area contributed by atoms with E-state index in [1.165, 1.54) is 0 Å². The summed E-state index contributed by atoms with van der Waals surface area (Å²) in [7, 11) is 0. The topological polar surface area (TPSA) is 45.2 Å². The van der Waals surface area contributed by atoms with Crippen LogP contribution < -0.4 is 4.74 Å². The molecule has 0 atom stereocenters. The Morgan fingerprint density at radius 3 is 2.82 bits per heavy atom. The lowest BCUT2D eigenvalue weighted by Crippen LogP contribution is -2.37. The zero-order chi connectivity index (χ0) is 12.0. The van der Waals surface area contributed by atoms with E-state index < -0.39 is 0 Å². The van der Waals surface area contributed by atoms with Crippen molar-refractivity contribution in [1.29, 1.82) is 0 Å². The maximum Gasteiger partial charge on any atom is 0.130 e. The minimum absolute atomic E-state index is 0.0698. The Labute approximate surface area is 108 Å². The van der Waals surface area contributed by atoms with Crippen LogP contribution >= 0.6 is 23.2 Å². The van der Waals surface area contributed by atoms with Crippen molar-refractivity contribution in [2.75, 3.05) is 0 Å². The van der Waals surface area contributed by atoms with E-state index in [1.54, 1.807) is 12.3 Å². The molecule has 1 aromatic heterocycles. The Morgan fingerprint density at radius 2 is 2.12 bits per heavy atom. The third kappa shape index (κ3) is 1.88. The summed E-state index contributed by atoms with van der Waals surface area (Å²) in [4.78, 5) is 3.04. The molecule has 5 heteroatoms. The second-order valence-corrected chi connectivity index (χ2v) is 5.09. The molecule has 0 bridgehead atoms. The molecule has 0 amide bonds. The number of rotatable bonds is 2. The lowest BCUT2D eigenvalue weighted by atomic mass is 9.92. The number of ether oxygens (including phenoxy) is 1. The van der Waals surface area contributed by atoms with Crippen molar-refractivity contribution in [3.8, 4) is 5.75 Å². The average molecular weight is 272 g/mol. The zero-order valence-electron chi connectivity index (χ0n) is 8.91. The molecule has 90 valence electrons. The number of benzene rings is 1. The number of halogens is 2. The van der Waals surface area contributed by atoms with Gasteiger partial charge in [-0.25, -0.2) is 0 Å². The second kappa shape index (κ2) is 4.09. The first-order valence-electron chi connectivity index (χ1n) is 5.45. The highest BCUT2D eigenvalue weighted by atomic mass is 35.5. The van der Waals surface area contributed by atoms with Crippen molar-refractivity contribution in [1.82, 2.24) is 4.98 Å². The summed E-state index contributed by atoms with van der Waals surface area (Å²) in [6, 6.07) is 3.63. The molecule has 3 nitrogen and oxygen atoms in total. The first-order valence-corrected chi connectivity index (χ1v) is 6.20. The molecule has 0 aliphatic heterocycles. The van der Waals surface area contributed by atoms with Gasteiger partial charge in [0, 0.05) is 30.5 Å². The minimum atomic E-state index is -0.232. The van der Waals surface area contributed by atoms with Gasteiger partial charge in [-0.3, -0.25) is 0 Å². The fraction of sp³-hybridized carbons (Fsp3) is 0.333. The maximum atomic E-state index is 9.23. The van der Waals surface area contributed by atoms with Crippen molar-refractivity contribution in [2.45, 2.75) is 25.0 Å². The molecular weight excluding hydrogens is 261 g/mol. The molecule has 17 heavy (non-hydrogen) atoms. The number of aromatic nitrogens is 1. The van der Waals surface area contributed by atoms with Crippen LogP contribution in [0.5, 0.6) is 5.75 Å². The molecule has 3 rings (SSSR count). The van der Waals surface area contributed by atoms with Crippen molar-refractivity contribution in [2.24, 2.45) is 0 Å². The molecule has 0 unspecified atom stereocenters. The fourth-order valence-electron chi connectivity index (χ4n) is 2.04. The van der Waals surface area contributed by atoms with E-state index in [-0.39, 0.29) is 12.2 Å². The Bertz CT molecular complexity index is 561. The van der Waals surface area contributed by atoms with Crippen LogP contribution in [0.1, 0.15) is 12.8 Å². The molecule has 2 N–H and O–H groups in total. The van der Waals surface area contributed by atoms with Crippen LogP contribution in [0.4, 0.5) is 0 Å². The lowest BCUT2D eigenvalue weighted by molar-refractivity contribution is -0.0100. The third-order valence-electron chi connectivity index (χ3n) is 3.06. The van der Waals surface area contributed by atoms with Crippen LogP contribution in [0.2, 0.25) is 10.0 Å². The van der Waals surface area contributed by atoms with E-state index in [1.807, 2.05) is 6.07 Å². The van der Waals surface area contributed by atoms with E-state index in [9.17, 15) is 5.11 Å². The maximum absolute atomic E-state index is 9.23. The van der Waals surface area contributed by atoms with Gasteiger partial charge in [-0.2, -0.15) is 0 Å². The smallest absolute Gasteiger partial charge is 0.130 e.